The van der Waals surface area contributed by atoms with Gasteiger partial charge in [0.1, 0.15) is 6.61 Å². The SMILES string of the molecule is CC.Cc1ccnc2c1OCC1CCCN21. The highest BCUT2D eigenvalue weighted by Crippen LogP contribution is 2.37. The van der Waals surface area contributed by atoms with Gasteiger partial charge in [-0.2, -0.15) is 0 Å². The number of pyridine rings is 1. The van der Waals surface area contributed by atoms with Crippen LogP contribution in [0.2, 0.25) is 0 Å². The molecule has 2 aliphatic heterocycles. The first-order valence-electron chi connectivity index (χ1n) is 6.21. The molecule has 1 fully saturated rings. The second-order valence-electron chi connectivity index (χ2n) is 4.08. The topological polar surface area (TPSA) is 25.4 Å². The van der Waals surface area contributed by atoms with E-state index in [-0.39, 0.29) is 0 Å². The normalized spacial score (nSPS) is 21.4. The van der Waals surface area contributed by atoms with E-state index in [9.17, 15) is 0 Å². The molecule has 1 atom stereocenters. The summed E-state index contributed by atoms with van der Waals surface area (Å²) in [5.41, 5.74) is 1.19. The summed E-state index contributed by atoms with van der Waals surface area (Å²) in [6.45, 7) is 8.05. The van der Waals surface area contributed by atoms with Gasteiger partial charge in [0.2, 0.25) is 0 Å². The van der Waals surface area contributed by atoms with Crippen LogP contribution in [0, 0.1) is 6.92 Å². The monoisotopic (exact) mass is 220 g/mol. The Balaban J connectivity index is 0.000000457. The van der Waals surface area contributed by atoms with E-state index in [0.717, 1.165) is 24.7 Å². The summed E-state index contributed by atoms with van der Waals surface area (Å²) >= 11 is 0. The lowest BCUT2D eigenvalue weighted by Gasteiger charge is -2.32. The molecular weight excluding hydrogens is 200 g/mol. The van der Waals surface area contributed by atoms with E-state index in [1.54, 1.807) is 0 Å². The number of fused-ring (bicyclic) bond motifs is 3. The molecule has 16 heavy (non-hydrogen) atoms. The van der Waals surface area contributed by atoms with Gasteiger partial charge in [-0.15, -0.1) is 0 Å². The lowest BCUT2D eigenvalue weighted by Crippen LogP contribution is -2.38. The van der Waals surface area contributed by atoms with Crippen molar-refractivity contribution in [1.29, 1.82) is 0 Å². The molecule has 3 heteroatoms. The third-order valence-electron chi connectivity index (χ3n) is 3.15. The molecule has 1 saturated heterocycles. The van der Waals surface area contributed by atoms with Crippen molar-refractivity contribution in [3.05, 3.63) is 17.8 Å². The van der Waals surface area contributed by atoms with Crippen molar-refractivity contribution < 1.29 is 4.74 Å². The predicted molar refractivity (Wildman–Crippen MR) is 66.2 cm³/mol. The van der Waals surface area contributed by atoms with Crippen molar-refractivity contribution in [1.82, 2.24) is 4.98 Å². The molecule has 0 N–H and O–H groups in total. The minimum absolute atomic E-state index is 0.566. The fourth-order valence-electron chi connectivity index (χ4n) is 2.38. The first-order valence-corrected chi connectivity index (χ1v) is 6.21. The van der Waals surface area contributed by atoms with Crippen molar-refractivity contribution in [2.24, 2.45) is 0 Å². The number of aryl methyl sites for hydroxylation is 1. The number of rotatable bonds is 0. The Morgan fingerprint density at radius 2 is 2.25 bits per heavy atom. The Morgan fingerprint density at radius 3 is 3.06 bits per heavy atom. The number of ether oxygens (including phenoxy) is 1. The maximum atomic E-state index is 5.76. The third-order valence-corrected chi connectivity index (χ3v) is 3.15. The smallest absolute Gasteiger partial charge is 0.172 e. The standard InChI is InChI=1S/C11H14N2O.C2H6/c1-8-4-5-12-11-10(8)14-7-9-3-2-6-13(9)11;1-2/h4-5,9H,2-3,6-7H2,1H3;1-2H3. The maximum Gasteiger partial charge on any atom is 0.172 e. The number of hydrogen-bond acceptors (Lipinski definition) is 3. The molecule has 0 radical (unpaired) electrons. The Hall–Kier alpha value is -1.25. The second-order valence-corrected chi connectivity index (χ2v) is 4.08. The van der Waals surface area contributed by atoms with Gasteiger partial charge in [-0.1, -0.05) is 13.8 Å². The van der Waals surface area contributed by atoms with Gasteiger partial charge < -0.3 is 9.64 Å². The van der Waals surface area contributed by atoms with Crippen LogP contribution >= 0.6 is 0 Å². The molecule has 1 unspecified atom stereocenters. The molecule has 0 spiro atoms. The molecule has 3 heterocycles. The lowest BCUT2D eigenvalue weighted by atomic mass is 10.2. The number of hydrogen-bond donors (Lipinski definition) is 0. The average molecular weight is 220 g/mol. The molecule has 0 bridgehead atoms. The van der Waals surface area contributed by atoms with E-state index in [0.29, 0.717) is 6.04 Å². The summed E-state index contributed by atoms with van der Waals surface area (Å²) in [6, 6.07) is 2.58. The van der Waals surface area contributed by atoms with Crippen molar-refractivity contribution in [2.45, 2.75) is 39.7 Å². The summed E-state index contributed by atoms with van der Waals surface area (Å²) in [5.74, 6) is 2.05. The summed E-state index contributed by atoms with van der Waals surface area (Å²) in [4.78, 5) is 6.82. The van der Waals surface area contributed by atoms with E-state index in [2.05, 4.69) is 16.8 Å². The van der Waals surface area contributed by atoms with Gasteiger partial charge >= 0.3 is 0 Å². The molecule has 2 aliphatic rings. The molecule has 3 nitrogen and oxygen atoms in total. The number of aromatic nitrogens is 1. The molecule has 1 aromatic rings. The van der Waals surface area contributed by atoms with Crippen LogP contribution in [0.3, 0.4) is 0 Å². The van der Waals surface area contributed by atoms with E-state index in [1.807, 2.05) is 26.1 Å². The Morgan fingerprint density at radius 1 is 1.44 bits per heavy atom. The van der Waals surface area contributed by atoms with Gasteiger partial charge in [0.25, 0.3) is 0 Å². The van der Waals surface area contributed by atoms with Crippen LogP contribution in [0.5, 0.6) is 5.75 Å². The molecule has 3 rings (SSSR count). The van der Waals surface area contributed by atoms with Gasteiger partial charge in [-0.25, -0.2) is 4.98 Å². The van der Waals surface area contributed by atoms with Crippen LogP contribution in [-0.4, -0.2) is 24.2 Å². The van der Waals surface area contributed by atoms with Gasteiger partial charge in [-0.05, 0) is 31.4 Å². The number of anilines is 1. The van der Waals surface area contributed by atoms with Gasteiger partial charge in [0.05, 0.1) is 6.04 Å². The minimum Gasteiger partial charge on any atom is -0.487 e. The predicted octanol–water partition coefficient (Wildman–Crippen LogP) is 2.78. The van der Waals surface area contributed by atoms with Crippen molar-refractivity contribution in [3.63, 3.8) is 0 Å². The van der Waals surface area contributed by atoms with E-state index < -0.39 is 0 Å². The highest BCUT2D eigenvalue weighted by molar-refractivity contribution is 5.58. The quantitative estimate of drug-likeness (QED) is 0.672. The summed E-state index contributed by atoms with van der Waals surface area (Å²) in [5, 5.41) is 0. The van der Waals surface area contributed by atoms with Crippen molar-refractivity contribution in [3.8, 4) is 5.75 Å². The largest absolute Gasteiger partial charge is 0.487 e. The summed E-state index contributed by atoms with van der Waals surface area (Å²) < 4.78 is 5.76. The Bertz CT molecular complexity index is 365. The fraction of sp³-hybridized carbons (Fsp3) is 0.615. The molecule has 0 saturated carbocycles. The van der Waals surface area contributed by atoms with Crippen LogP contribution < -0.4 is 9.64 Å². The third kappa shape index (κ3) is 1.75. The van der Waals surface area contributed by atoms with E-state index in [1.165, 1.54) is 18.4 Å². The maximum absolute atomic E-state index is 5.76. The average Bonchev–Trinajstić information content (AvgIpc) is 2.80. The van der Waals surface area contributed by atoms with Gasteiger partial charge in [-0.3, -0.25) is 0 Å². The number of nitrogens with zero attached hydrogens (tertiary/aromatic N) is 2. The second kappa shape index (κ2) is 4.73. The van der Waals surface area contributed by atoms with Crippen LogP contribution in [0.15, 0.2) is 12.3 Å². The van der Waals surface area contributed by atoms with Gasteiger partial charge in [0, 0.05) is 12.7 Å². The fourth-order valence-corrected chi connectivity index (χ4v) is 2.38. The summed E-state index contributed by atoms with van der Waals surface area (Å²) in [7, 11) is 0. The van der Waals surface area contributed by atoms with E-state index >= 15 is 0 Å². The first-order chi connectivity index (χ1) is 7.86. The molecule has 0 aromatic carbocycles. The zero-order chi connectivity index (χ0) is 11.5. The zero-order valence-corrected chi connectivity index (χ0v) is 10.4. The lowest BCUT2D eigenvalue weighted by molar-refractivity contribution is 0.268. The van der Waals surface area contributed by atoms with Crippen LogP contribution in [-0.2, 0) is 0 Å². The molecule has 0 amide bonds. The Kier molecular flexibility index (Phi) is 3.32. The molecule has 0 aliphatic carbocycles. The molecular formula is C13H20N2O. The van der Waals surface area contributed by atoms with Gasteiger partial charge in [0.15, 0.2) is 11.6 Å². The highest BCUT2D eigenvalue weighted by atomic mass is 16.5. The minimum atomic E-state index is 0.566. The van der Waals surface area contributed by atoms with Crippen molar-refractivity contribution in [2.75, 3.05) is 18.1 Å². The molecule has 1 aromatic heterocycles. The first kappa shape index (κ1) is 11.2. The van der Waals surface area contributed by atoms with Crippen LogP contribution in [0.25, 0.3) is 0 Å². The van der Waals surface area contributed by atoms with Crippen molar-refractivity contribution >= 4 is 5.82 Å². The summed E-state index contributed by atoms with van der Waals surface area (Å²) in [6.07, 6.45) is 4.39. The zero-order valence-electron chi connectivity index (χ0n) is 10.4. The highest BCUT2D eigenvalue weighted by Gasteiger charge is 2.32. The van der Waals surface area contributed by atoms with E-state index in [4.69, 9.17) is 4.74 Å². The van der Waals surface area contributed by atoms with Crippen LogP contribution in [0.4, 0.5) is 5.82 Å². The Labute approximate surface area is 97.4 Å². The molecule has 88 valence electrons. The van der Waals surface area contributed by atoms with Crippen LogP contribution in [0.1, 0.15) is 32.3 Å².